The number of ether oxygens (including phenoxy) is 1. The molecule has 0 radical (unpaired) electrons. The van der Waals surface area contributed by atoms with Gasteiger partial charge in [-0.3, -0.25) is 0 Å². The van der Waals surface area contributed by atoms with Crippen LogP contribution in [0.25, 0.3) is 0 Å². The molecule has 2 atom stereocenters. The molecule has 0 aliphatic carbocycles. The van der Waals surface area contributed by atoms with Crippen molar-refractivity contribution in [3.8, 4) is 5.88 Å². The fraction of sp³-hybridized carbons (Fsp3) is 0.667. The van der Waals surface area contributed by atoms with Gasteiger partial charge in [0.1, 0.15) is 5.82 Å². The zero-order valence-corrected chi connectivity index (χ0v) is 12.2. The lowest BCUT2D eigenvalue weighted by Crippen LogP contribution is -2.51. The van der Waals surface area contributed by atoms with Crippen molar-refractivity contribution in [3.05, 3.63) is 18.2 Å². The second kappa shape index (κ2) is 6.75. The van der Waals surface area contributed by atoms with Gasteiger partial charge < -0.3 is 15.0 Å². The number of anilines is 1. The van der Waals surface area contributed by atoms with Crippen LogP contribution in [0.4, 0.5) is 5.82 Å². The topological polar surface area (TPSA) is 37.4 Å². The Morgan fingerprint density at radius 1 is 1.47 bits per heavy atom. The van der Waals surface area contributed by atoms with Gasteiger partial charge in [0, 0.05) is 24.7 Å². The van der Waals surface area contributed by atoms with Crippen LogP contribution in [-0.2, 0) is 0 Å². The van der Waals surface area contributed by atoms with E-state index in [1.54, 1.807) is 7.11 Å². The van der Waals surface area contributed by atoms with E-state index < -0.39 is 0 Å². The van der Waals surface area contributed by atoms with Gasteiger partial charge in [0.2, 0.25) is 5.88 Å². The quantitative estimate of drug-likeness (QED) is 0.885. The molecule has 19 heavy (non-hydrogen) atoms. The standard InChI is InChI=1S/C15H25N3O/c1-4-16-12(2)13-8-5-6-11-18(13)14-9-7-10-15(17-14)19-3/h7,9-10,12-13,16H,4-6,8,11H2,1-3H3. The van der Waals surface area contributed by atoms with Crippen molar-refractivity contribution >= 4 is 5.82 Å². The highest BCUT2D eigenvalue weighted by Gasteiger charge is 2.27. The van der Waals surface area contributed by atoms with Gasteiger partial charge in [-0.2, -0.15) is 4.98 Å². The first kappa shape index (κ1) is 14.1. The second-order valence-electron chi connectivity index (χ2n) is 5.14. The third-order valence-corrected chi connectivity index (χ3v) is 3.86. The van der Waals surface area contributed by atoms with Crippen LogP contribution in [0.1, 0.15) is 33.1 Å². The summed E-state index contributed by atoms with van der Waals surface area (Å²) in [6.45, 7) is 6.53. The number of rotatable bonds is 5. The number of methoxy groups -OCH3 is 1. The van der Waals surface area contributed by atoms with Crippen LogP contribution in [0.2, 0.25) is 0 Å². The molecule has 1 aromatic heterocycles. The molecule has 0 amide bonds. The third kappa shape index (κ3) is 3.38. The number of pyridine rings is 1. The summed E-state index contributed by atoms with van der Waals surface area (Å²) in [5, 5.41) is 3.54. The largest absolute Gasteiger partial charge is 0.481 e. The van der Waals surface area contributed by atoms with Gasteiger partial charge in [-0.15, -0.1) is 0 Å². The van der Waals surface area contributed by atoms with Crippen LogP contribution < -0.4 is 15.0 Å². The summed E-state index contributed by atoms with van der Waals surface area (Å²) in [7, 11) is 1.67. The Kier molecular flexibility index (Phi) is 5.02. The number of aromatic nitrogens is 1. The minimum Gasteiger partial charge on any atom is -0.481 e. The molecular weight excluding hydrogens is 238 g/mol. The Bertz CT molecular complexity index is 397. The first-order chi connectivity index (χ1) is 9.26. The SMILES string of the molecule is CCNC(C)C1CCCCN1c1cccc(OC)n1. The predicted octanol–water partition coefficient (Wildman–Crippen LogP) is 2.45. The van der Waals surface area contributed by atoms with Crippen molar-refractivity contribution in [2.24, 2.45) is 0 Å². The van der Waals surface area contributed by atoms with Gasteiger partial charge in [-0.1, -0.05) is 13.0 Å². The van der Waals surface area contributed by atoms with Gasteiger partial charge in [0.05, 0.1) is 7.11 Å². The Morgan fingerprint density at radius 2 is 2.32 bits per heavy atom. The molecule has 2 heterocycles. The summed E-state index contributed by atoms with van der Waals surface area (Å²) < 4.78 is 5.24. The van der Waals surface area contributed by atoms with Crippen molar-refractivity contribution in [2.75, 3.05) is 25.1 Å². The van der Waals surface area contributed by atoms with Crippen LogP contribution >= 0.6 is 0 Å². The fourth-order valence-corrected chi connectivity index (χ4v) is 2.90. The lowest BCUT2D eigenvalue weighted by molar-refractivity contribution is 0.366. The number of hydrogen-bond acceptors (Lipinski definition) is 4. The molecule has 1 N–H and O–H groups in total. The summed E-state index contributed by atoms with van der Waals surface area (Å²) in [6, 6.07) is 7.01. The zero-order chi connectivity index (χ0) is 13.7. The molecule has 2 unspecified atom stereocenters. The Balaban J connectivity index is 2.18. The van der Waals surface area contributed by atoms with Crippen molar-refractivity contribution in [1.82, 2.24) is 10.3 Å². The summed E-state index contributed by atoms with van der Waals surface area (Å²) in [5.41, 5.74) is 0. The molecule has 1 fully saturated rings. The molecular formula is C15H25N3O. The van der Waals surface area contributed by atoms with E-state index in [2.05, 4.69) is 35.1 Å². The maximum atomic E-state index is 5.24. The molecule has 0 aromatic carbocycles. The van der Waals surface area contributed by atoms with E-state index in [9.17, 15) is 0 Å². The molecule has 4 heteroatoms. The molecule has 0 bridgehead atoms. The molecule has 1 aliphatic heterocycles. The van der Waals surface area contributed by atoms with Crippen molar-refractivity contribution in [2.45, 2.75) is 45.2 Å². The molecule has 1 aromatic rings. The number of hydrogen-bond donors (Lipinski definition) is 1. The van der Waals surface area contributed by atoms with Crippen LogP contribution in [0, 0.1) is 0 Å². The molecule has 2 rings (SSSR count). The van der Waals surface area contributed by atoms with Crippen LogP contribution in [0.15, 0.2) is 18.2 Å². The molecule has 0 spiro atoms. The van der Waals surface area contributed by atoms with E-state index in [0.717, 1.165) is 18.9 Å². The normalized spacial score (nSPS) is 21.2. The van der Waals surface area contributed by atoms with Crippen molar-refractivity contribution in [3.63, 3.8) is 0 Å². The smallest absolute Gasteiger partial charge is 0.214 e. The molecule has 1 aliphatic rings. The van der Waals surface area contributed by atoms with E-state index in [0.29, 0.717) is 18.0 Å². The number of nitrogens with one attached hydrogen (secondary N) is 1. The van der Waals surface area contributed by atoms with E-state index in [1.165, 1.54) is 19.3 Å². The highest BCUT2D eigenvalue weighted by molar-refractivity contribution is 5.42. The van der Waals surface area contributed by atoms with Gasteiger partial charge in [-0.05, 0) is 38.8 Å². The molecule has 106 valence electrons. The first-order valence-corrected chi connectivity index (χ1v) is 7.27. The minimum absolute atomic E-state index is 0.485. The lowest BCUT2D eigenvalue weighted by Gasteiger charge is -2.40. The van der Waals surface area contributed by atoms with Gasteiger partial charge in [0.25, 0.3) is 0 Å². The molecule has 4 nitrogen and oxygen atoms in total. The maximum Gasteiger partial charge on any atom is 0.214 e. The summed E-state index contributed by atoms with van der Waals surface area (Å²) in [5.74, 6) is 1.73. The Morgan fingerprint density at radius 3 is 3.05 bits per heavy atom. The Hall–Kier alpha value is -1.29. The average molecular weight is 263 g/mol. The van der Waals surface area contributed by atoms with Crippen molar-refractivity contribution < 1.29 is 4.74 Å². The van der Waals surface area contributed by atoms with Gasteiger partial charge in [0.15, 0.2) is 0 Å². The molecule has 0 saturated carbocycles. The van der Waals surface area contributed by atoms with E-state index in [1.807, 2.05) is 12.1 Å². The van der Waals surface area contributed by atoms with Crippen molar-refractivity contribution in [1.29, 1.82) is 0 Å². The maximum absolute atomic E-state index is 5.24. The highest BCUT2D eigenvalue weighted by atomic mass is 16.5. The van der Waals surface area contributed by atoms with Crippen LogP contribution in [0.3, 0.4) is 0 Å². The first-order valence-electron chi connectivity index (χ1n) is 7.27. The van der Waals surface area contributed by atoms with E-state index in [-0.39, 0.29) is 0 Å². The predicted molar refractivity (Wildman–Crippen MR) is 78.9 cm³/mol. The lowest BCUT2D eigenvalue weighted by atomic mass is 9.96. The van der Waals surface area contributed by atoms with Gasteiger partial charge >= 0.3 is 0 Å². The summed E-state index contributed by atoms with van der Waals surface area (Å²) in [6.07, 6.45) is 3.78. The summed E-state index contributed by atoms with van der Waals surface area (Å²) >= 11 is 0. The average Bonchev–Trinajstić information content (AvgIpc) is 2.47. The monoisotopic (exact) mass is 263 g/mol. The fourth-order valence-electron chi connectivity index (χ4n) is 2.90. The van der Waals surface area contributed by atoms with E-state index in [4.69, 9.17) is 4.74 Å². The molecule has 1 saturated heterocycles. The third-order valence-electron chi connectivity index (χ3n) is 3.86. The second-order valence-corrected chi connectivity index (χ2v) is 5.14. The minimum atomic E-state index is 0.485. The van der Waals surface area contributed by atoms with Crippen LogP contribution in [-0.4, -0.2) is 37.3 Å². The van der Waals surface area contributed by atoms with Crippen LogP contribution in [0.5, 0.6) is 5.88 Å². The van der Waals surface area contributed by atoms with E-state index >= 15 is 0 Å². The number of piperidine rings is 1. The number of likely N-dealkylation sites (N-methyl/N-ethyl adjacent to an activating group) is 1. The number of nitrogens with zero attached hydrogens (tertiary/aromatic N) is 2. The highest BCUT2D eigenvalue weighted by Crippen LogP contribution is 2.26. The van der Waals surface area contributed by atoms with Gasteiger partial charge in [-0.25, -0.2) is 0 Å². The summed E-state index contributed by atoms with van der Waals surface area (Å²) in [4.78, 5) is 7.01. The zero-order valence-electron chi connectivity index (χ0n) is 12.2. The Labute approximate surface area is 116 Å².